The number of pyridine rings is 1. The van der Waals surface area contributed by atoms with Crippen LogP contribution in [0.3, 0.4) is 0 Å². The lowest BCUT2D eigenvalue weighted by Gasteiger charge is -2.30. The van der Waals surface area contributed by atoms with Crippen LogP contribution in [0.25, 0.3) is 0 Å². The van der Waals surface area contributed by atoms with Gasteiger partial charge in [-0.3, -0.25) is 4.72 Å². The third kappa shape index (κ3) is 3.92. The van der Waals surface area contributed by atoms with E-state index in [4.69, 9.17) is 5.11 Å². The Balaban J connectivity index is 2.12. The minimum atomic E-state index is -3.69. The van der Waals surface area contributed by atoms with Crippen LogP contribution < -0.4 is 4.72 Å². The minimum absolute atomic E-state index is 0.00275. The molecular formula is C13H19N3O4S. The number of anilines is 1. The molecule has 2 N–H and O–H groups in total. The van der Waals surface area contributed by atoms with Gasteiger partial charge < -0.3 is 5.11 Å². The molecule has 1 fully saturated rings. The first kappa shape index (κ1) is 15.7. The number of rotatable bonds is 5. The maximum absolute atomic E-state index is 12.3. The molecule has 1 saturated carbocycles. The fourth-order valence-corrected chi connectivity index (χ4v) is 3.64. The second-order valence-corrected chi connectivity index (χ2v) is 6.88. The van der Waals surface area contributed by atoms with Crippen molar-refractivity contribution in [3.05, 3.63) is 24.0 Å². The molecule has 7 nitrogen and oxygen atoms in total. The van der Waals surface area contributed by atoms with Crippen LogP contribution in [0.2, 0.25) is 0 Å². The number of carbonyl (C=O) groups is 1. The highest BCUT2D eigenvalue weighted by molar-refractivity contribution is 7.90. The van der Waals surface area contributed by atoms with Crippen molar-refractivity contribution >= 4 is 21.9 Å². The number of nitrogens with zero attached hydrogens (tertiary/aromatic N) is 2. The van der Waals surface area contributed by atoms with E-state index in [1.54, 1.807) is 7.05 Å². The number of carboxylic acid groups (broad SMARTS) is 1. The molecule has 1 heterocycles. The summed E-state index contributed by atoms with van der Waals surface area (Å²) in [6.45, 7) is 0. The summed E-state index contributed by atoms with van der Waals surface area (Å²) < 4.78 is 28.4. The quantitative estimate of drug-likeness (QED) is 0.862. The molecule has 0 spiro atoms. The molecule has 0 atom stereocenters. The van der Waals surface area contributed by atoms with Crippen molar-refractivity contribution in [1.82, 2.24) is 9.29 Å². The van der Waals surface area contributed by atoms with Crippen LogP contribution in [-0.4, -0.2) is 41.9 Å². The van der Waals surface area contributed by atoms with E-state index in [2.05, 4.69) is 9.71 Å². The van der Waals surface area contributed by atoms with Gasteiger partial charge in [0.1, 0.15) is 5.69 Å². The molecule has 0 bridgehead atoms. The number of hydrogen-bond acceptors (Lipinski definition) is 4. The number of hydrogen-bond donors (Lipinski definition) is 2. The molecule has 0 radical (unpaired) electrons. The zero-order valence-electron chi connectivity index (χ0n) is 11.8. The molecule has 0 aliphatic heterocycles. The molecule has 2 rings (SSSR count). The molecule has 1 aliphatic carbocycles. The van der Waals surface area contributed by atoms with Gasteiger partial charge in [-0.15, -0.1) is 0 Å². The third-order valence-corrected chi connectivity index (χ3v) is 5.24. The largest absolute Gasteiger partial charge is 0.477 e. The third-order valence-electron chi connectivity index (χ3n) is 3.69. The van der Waals surface area contributed by atoms with Gasteiger partial charge in [-0.2, -0.15) is 12.7 Å². The SMILES string of the molecule is CN(C1CCCCC1)S(=O)(=O)Nc1ccnc(C(=O)O)c1. The van der Waals surface area contributed by atoms with Crippen molar-refractivity contribution in [3.63, 3.8) is 0 Å². The summed E-state index contributed by atoms with van der Waals surface area (Å²) in [6, 6.07) is 2.63. The number of aromatic nitrogens is 1. The average molecular weight is 313 g/mol. The fraction of sp³-hybridized carbons (Fsp3) is 0.538. The van der Waals surface area contributed by atoms with Gasteiger partial charge in [0.2, 0.25) is 0 Å². The normalized spacial score (nSPS) is 16.9. The second-order valence-electron chi connectivity index (χ2n) is 5.15. The van der Waals surface area contributed by atoms with Crippen LogP contribution in [-0.2, 0) is 10.2 Å². The summed E-state index contributed by atoms with van der Waals surface area (Å²) in [7, 11) is -2.14. The van der Waals surface area contributed by atoms with Gasteiger partial charge in [0.05, 0.1) is 5.69 Å². The molecule has 21 heavy (non-hydrogen) atoms. The lowest BCUT2D eigenvalue weighted by atomic mass is 9.96. The minimum Gasteiger partial charge on any atom is -0.477 e. The Morgan fingerprint density at radius 1 is 1.38 bits per heavy atom. The highest BCUT2D eigenvalue weighted by Gasteiger charge is 2.27. The van der Waals surface area contributed by atoms with E-state index in [9.17, 15) is 13.2 Å². The van der Waals surface area contributed by atoms with Crippen LogP contribution in [0.15, 0.2) is 18.3 Å². The van der Waals surface area contributed by atoms with Crippen molar-refractivity contribution in [3.8, 4) is 0 Å². The van der Waals surface area contributed by atoms with Crippen molar-refractivity contribution < 1.29 is 18.3 Å². The summed E-state index contributed by atoms with van der Waals surface area (Å²) in [4.78, 5) is 14.5. The topological polar surface area (TPSA) is 99.6 Å². The molecule has 1 aromatic rings. The predicted octanol–water partition coefficient (Wildman–Crippen LogP) is 1.70. The maximum Gasteiger partial charge on any atom is 0.354 e. The van der Waals surface area contributed by atoms with Crippen molar-refractivity contribution in [2.24, 2.45) is 0 Å². The van der Waals surface area contributed by atoms with Gasteiger partial charge in [0.25, 0.3) is 0 Å². The van der Waals surface area contributed by atoms with Crippen molar-refractivity contribution in [1.29, 1.82) is 0 Å². The fourth-order valence-electron chi connectivity index (χ4n) is 2.47. The Morgan fingerprint density at radius 2 is 2.05 bits per heavy atom. The number of nitrogens with one attached hydrogen (secondary N) is 1. The van der Waals surface area contributed by atoms with Gasteiger partial charge in [0, 0.05) is 19.3 Å². The Morgan fingerprint density at radius 3 is 2.67 bits per heavy atom. The standard InChI is InChI=1S/C13H19N3O4S/c1-16(11-5-3-2-4-6-11)21(19,20)15-10-7-8-14-12(9-10)13(17)18/h7-9,11H,2-6H2,1H3,(H,14,15)(H,17,18). The van der Waals surface area contributed by atoms with E-state index in [1.165, 1.54) is 22.6 Å². The highest BCUT2D eigenvalue weighted by Crippen LogP contribution is 2.24. The van der Waals surface area contributed by atoms with Crippen molar-refractivity contribution in [2.45, 2.75) is 38.1 Å². The number of carboxylic acids is 1. The summed E-state index contributed by atoms with van der Waals surface area (Å²) in [5.41, 5.74) is 0.000536. The molecule has 8 heteroatoms. The Hall–Kier alpha value is -1.67. The lowest BCUT2D eigenvalue weighted by molar-refractivity contribution is 0.0690. The highest BCUT2D eigenvalue weighted by atomic mass is 32.2. The molecule has 0 saturated heterocycles. The molecule has 0 aromatic carbocycles. The van der Waals surface area contributed by atoms with Gasteiger partial charge in [0.15, 0.2) is 0 Å². The van der Waals surface area contributed by atoms with Crippen LogP contribution in [0.1, 0.15) is 42.6 Å². The van der Waals surface area contributed by atoms with Crippen LogP contribution in [0, 0.1) is 0 Å². The maximum atomic E-state index is 12.3. The smallest absolute Gasteiger partial charge is 0.354 e. The summed E-state index contributed by atoms with van der Waals surface area (Å²) in [5.74, 6) is -1.20. The van der Waals surface area contributed by atoms with E-state index in [0.29, 0.717) is 0 Å². The zero-order chi connectivity index (χ0) is 15.5. The van der Waals surface area contributed by atoms with E-state index >= 15 is 0 Å². The van der Waals surface area contributed by atoms with E-state index in [0.717, 1.165) is 32.1 Å². The van der Waals surface area contributed by atoms with E-state index < -0.39 is 16.2 Å². The molecular weight excluding hydrogens is 294 g/mol. The van der Waals surface area contributed by atoms with Crippen LogP contribution >= 0.6 is 0 Å². The number of aromatic carboxylic acids is 1. The van der Waals surface area contributed by atoms with Gasteiger partial charge in [-0.05, 0) is 25.0 Å². The van der Waals surface area contributed by atoms with Gasteiger partial charge >= 0.3 is 16.2 Å². The van der Waals surface area contributed by atoms with Crippen molar-refractivity contribution in [2.75, 3.05) is 11.8 Å². The Kier molecular flexibility index (Phi) is 4.79. The second kappa shape index (κ2) is 6.40. The first-order valence-electron chi connectivity index (χ1n) is 6.85. The Bertz CT molecular complexity index is 612. The van der Waals surface area contributed by atoms with Gasteiger partial charge in [-0.25, -0.2) is 9.78 Å². The molecule has 116 valence electrons. The van der Waals surface area contributed by atoms with E-state index in [-0.39, 0.29) is 17.4 Å². The first-order chi connectivity index (χ1) is 9.90. The summed E-state index contributed by atoms with van der Waals surface area (Å²) in [5, 5.41) is 8.87. The monoisotopic (exact) mass is 313 g/mol. The average Bonchev–Trinajstić information content (AvgIpc) is 2.47. The van der Waals surface area contributed by atoms with Gasteiger partial charge in [-0.1, -0.05) is 19.3 Å². The molecule has 1 aromatic heterocycles. The predicted molar refractivity (Wildman–Crippen MR) is 78.4 cm³/mol. The molecule has 1 aliphatic rings. The molecule has 0 unspecified atom stereocenters. The summed E-state index contributed by atoms with van der Waals surface area (Å²) in [6.07, 6.45) is 6.18. The molecule has 0 amide bonds. The summed E-state index contributed by atoms with van der Waals surface area (Å²) >= 11 is 0. The van der Waals surface area contributed by atoms with E-state index in [1.807, 2.05) is 0 Å². The first-order valence-corrected chi connectivity index (χ1v) is 8.29. The zero-order valence-corrected chi connectivity index (χ0v) is 12.6. The van der Waals surface area contributed by atoms with Crippen LogP contribution in [0.4, 0.5) is 5.69 Å². The lowest BCUT2D eigenvalue weighted by Crippen LogP contribution is -2.41. The Labute approximate surface area is 124 Å². The van der Waals surface area contributed by atoms with Crippen LogP contribution in [0.5, 0.6) is 0 Å².